The Morgan fingerprint density at radius 3 is 2.56 bits per heavy atom. The van der Waals surface area contributed by atoms with Gasteiger partial charge in [0.05, 0.1) is 5.52 Å². The first-order chi connectivity index (χ1) is 18.9. The zero-order valence-corrected chi connectivity index (χ0v) is 22.2. The van der Waals surface area contributed by atoms with E-state index in [0.29, 0.717) is 37.4 Å². The van der Waals surface area contributed by atoms with Crippen molar-refractivity contribution in [1.82, 2.24) is 19.4 Å². The summed E-state index contributed by atoms with van der Waals surface area (Å²) in [5.74, 6) is 6.40. The fourth-order valence-electron chi connectivity index (χ4n) is 5.66. The molecular weight excluding hydrogens is 508 g/mol. The van der Waals surface area contributed by atoms with Crippen molar-refractivity contribution in [3.63, 3.8) is 0 Å². The summed E-state index contributed by atoms with van der Waals surface area (Å²) in [7, 11) is -3.45. The number of fused-ring (bicyclic) bond motifs is 1. The van der Waals surface area contributed by atoms with Crippen molar-refractivity contribution < 1.29 is 13.2 Å². The van der Waals surface area contributed by atoms with Gasteiger partial charge in [-0.1, -0.05) is 61.0 Å². The Kier molecular flexibility index (Phi) is 6.34. The summed E-state index contributed by atoms with van der Waals surface area (Å²) < 4.78 is 26.1. The van der Waals surface area contributed by atoms with Gasteiger partial charge in [0, 0.05) is 53.5 Å². The van der Waals surface area contributed by atoms with E-state index in [1.165, 1.54) is 4.31 Å². The van der Waals surface area contributed by atoms with Gasteiger partial charge < -0.3 is 4.90 Å². The van der Waals surface area contributed by atoms with E-state index in [0.717, 1.165) is 45.8 Å². The number of likely N-dealkylation sites (tertiary alicyclic amines) is 1. The number of H-pyrrole nitrogens is 1. The Hall–Kier alpha value is -4.19. The van der Waals surface area contributed by atoms with Gasteiger partial charge in [0.25, 0.3) is 5.91 Å². The molecule has 7 nitrogen and oxygen atoms in total. The molecule has 2 saturated heterocycles. The molecule has 8 heteroatoms. The van der Waals surface area contributed by atoms with Crippen molar-refractivity contribution in [3.8, 4) is 23.0 Å². The van der Waals surface area contributed by atoms with Crippen LogP contribution in [0.5, 0.6) is 0 Å². The number of amides is 1. The van der Waals surface area contributed by atoms with Crippen LogP contribution >= 0.6 is 0 Å². The molecule has 0 unspecified atom stereocenters. The summed E-state index contributed by atoms with van der Waals surface area (Å²) in [6, 6.07) is 23.6. The number of sulfonamides is 1. The largest absolute Gasteiger partial charge is 0.337 e. The third-order valence-electron chi connectivity index (χ3n) is 7.67. The molecule has 4 aromatic rings. The predicted molar refractivity (Wildman–Crippen MR) is 152 cm³/mol. The predicted octanol–water partition coefficient (Wildman–Crippen LogP) is 4.64. The number of rotatable bonds is 4. The molecule has 1 aromatic heterocycles. The normalized spacial score (nSPS) is 16.9. The summed E-state index contributed by atoms with van der Waals surface area (Å²) >= 11 is 0. The average Bonchev–Trinajstić information content (AvgIpc) is 3.37. The van der Waals surface area contributed by atoms with Crippen LogP contribution in [0.1, 0.15) is 34.5 Å². The van der Waals surface area contributed by atoms with Crippen molar-refractivity contribution in [2.45, 2.75) is 12.8 Å². The van der Waals surface area contributed by atoms with Crippen molar-refractivity contribution >= 4 is 26.8 Å². The highest BCUT2D eigenvalue weighted by Gasteiger charge is 2.49. The Balaban J connectivity index is 1.22. The average molecular weight is 537 g/mol. The van der Waals surface area contributed by atoms with Crippen LogP contribution < -0.4 is 0 Å². The zero-order chi connectivity index (χ0) is 27.0. The molecule has 0 atom stereocenters. The van der Waals surface area contributed by atoms with Gasteiger partial charge >= 0.3 is 0 Å². The van der Waals surface area contributed by atoms with Gasteiger partial charge in [0.2, 0.25) is 10.0 Å². The Labute approximate surface area is 228 Å². The molecule has 1 spiro atoms. The topological polar surface area (TPSA) is 86.4 Å². The monoisotopic (exact) mass is 536 g/mol. The molecule has 6 rings (SSSR count). The number of aromatic nitrogens is 2. The molecule has 39 heavy (non-hydrogen) atoms. The molecule has 2 fully saturated rings. The minimum atomic E-state index is -3.45. The lowest BCUT2D eigenvalue weighted by atomic mass is 9.73. The molecule has 1 N–H and O–H groups in total. The van der Waals surface area contributed by atoms with E-state index in [1.54, 1.807) is 11.0 Å². The highest BCUT2D eigenvalue weighted by atomic mass is 32.2. The van der Waals surface area contributed by atoms with E-state index >= 15 is 0 Å². The molecule has 2 aliphatic rings. The third kappa shape index (κ3) is 4.76. The quantitative estimate of drug-likeness (QED) is 0.385. The first kappa shape index (κ1) is 25.1. The summed E-state index contributed by atoms with van der Waals surface area (Å²) in [5, 5.41) is 9.22. The SMILES string of the molecule is C=CS(=O)(=O)N1CCCC2(CN(C(=O)c3ccc4[nH]nc(C#Cc5ccccc5-c5ccccc5)c4c3)C2)C1. The van der Waals surface area contributed by atoms with Crippen molar-refractivity contribution in [3.05, 3.63) is 102 Å². The van der Waals surface area contributed by atoms with Crippen LogP contribution in [-0.2, 0) is 10.0 Å². The smallest absolute Gasteiger partial charge is 0.253 e. The maximum atomic E-state index is 13.4. The van der Waals surface area contributed by atoms with Gasteiger partial charge in [-0.2, -0.15) is 9.40 Å². The number of hydrogen-bond donors (Lipinski definition) is 1. The molecule has 0 radical (unpaired) electrons. The van der Waals surface area contributed by atoms with E-state index in [-0.39, 0.29) is 11.3 Å². The van der Waals surface area contributed by atoms with Gasteiger partial charge in [0.15, 0.2) is 0 Å². The van der Waals surface area contributed by atoms with Crippen LogP contribution in [0.3, 0.4) is 0 Å². The van der Waals surface area contributed by atoms with Crippen molar-refractivity contribution in [2.24, 2.45) is 5.41 Å². The van der Waals surface area contributed by atoms with Gasteiger partial charge in [-0.05, 0) is 54.2 Å². The maximum Gasteiger partial charge on any atom is 0.253 e. The minimum Gasteiger partial charge on any atom is -0.337 e. The lowest BCUT2D eigenvalue weighted by Crippen LogP contribution is -2.64. The van der Waals surface area contributed by atoms with E-state index in [2.05, 4.69) is 46.8 Å². The van der Waals surface area contributed by atoms with Gasteiger partial charge in [-0.15, -0.1) is 0 Å². The van der Waals surface area contributed by atoms with Crippen LogP contribution in [0.15, 0.2) is 84.8 Å². The summed E-state index contributed by atoms with van der Waals surface area (Å²) in [6.45, 7) is 5.46. The molecular formula is C31H28N4O3S. The fourth-order valence-corrected chi connectivity index (χ4v) is 6.71. The van der Waals surface area contributed by atoms with Crippen LogP contribution in [-0.4, -0.2) is 59.9 Å². The molecule has 0 aliphatic carbocycles. The third-order valence-corrected chi connectivity index (χ3v) is 9.13. The zero-order valence-electron chi connectivity index (χ0n) is 21.4. The van der Waals surface area contributed by atoms with E-state index < -0.39 is 10.0 Å². The molecule has 0 saturated carbocycles. The van der Waals surface area contributed by atoms with Gasteiger partial charge in [0.1, 0.15) is 5.69 Å². The van der Waals surface area contributed by atoms with Gasteiger partial charge in [-0.3, -0.25) is 9.89 Å². The number of nitrogens with one attached hydrogen (secondary N) is 1. The van der Waals surface area contributed by atoms with E-state index in [1.807, 2.05) is 48.5 Å². The summed E-state index contributed by atoms with van der Waals surface area (Å²) in [5.41, 5.74) is 4.82. The van der Waals surface area contributed by atoms with Crippen molar-refractivity contribution in [2.75, 3.05) is 26.2 Å². The Morgan fingerprint density at radius 2 is 1.77 bits per heavy atom. The lowest BCUT2D eigenvalue weighted by molar-refractivity contribution is -0.0224. The molecule has 3 aromatic carbocycles. The van der Waals surface area contributed by atoms with Gasteiger partial charge in [-0.25, -0.2) is 8.42 Å². The summed E-state index contributed by atoms with van der Waals surface area (Å²) in [4.78, 5) is 15.2. The molecule has 2 aliphatic heterocycles. The van der Waals surface area contributed by atoms with Crippen LogP contribution in [0.25, 0.3) is 22.0 Å². The number of nitrogens with zero attached hydrogens (tertiary/aromatic N) is 3. The number of hydrogen-bond acceptors (Lipinski definition) is 4. The molecule has 1 amide bonds. The second-order valence-electron chi connectivity index (χ2n) is 10.3. The second kappa shape index (κ2) is 9.84. The van der Waals surface area contributed by atoms with Crippen LogP contribution in [0.2, 0.25) is 0 Å². The number of carbonyl (C=O) groups excluding carboxylic acids is 1. The first-order valence-electron chi connectivity index (χ1n) is 12.9. The highest BCUT2D eigenvalue weighted by molar-refractivity contribution is 7.92. The number of carbonyl (C=O) groups is 1. The Bertz CT molecular complexity index is 1740. The molecule has 3 heterocycles. The van der Waals surface area contributed by atoms with Crippen molar-refractivity contribution in [1.29, 1.82) is 0 Å². The standard InChI is InChI=1S/C31H28N4O3S/c1-2-39(37,38)35-18-8-17-31(22-35)20-34(21-31)30(36)25-14-16-29-27(19-25)28(32-33-29)15-13-24-11-6-7-12-26(24)23-9-4-3-5-10-23/h2-7,9-12,14,16,19H,1,8,17-18,20-22H2,(H,32,33). The first-order valence-corrected chi connectivity index (χ1v) is 14.4. The lowest BCUT2D eigenvalue weighted by Gasteiger charge is -2.54. The molecule has 0 bridgehead atoms. The Morgan fingerprint density at radius 1 is 1.00 bits per heavy atom. The van der Waals surface area contributed by atoms with Crippen LogP contribution in [0, 0.1) is 17.3 Å². The number of piperidine rings is 1. The fraction of sp³-hybridized carbons (Fsp3) is 0.226. The highest BCUT2D eigenvalue weighted by Crippen LogP contribution is 2.40. The minimum absolute atomic E-state index is 0.0687. The molecule has 196 valence electrons. The van der Waals surface area contributed by atoms with E-state index in [9.17, 15) is 13.2 Å². The van der Waals surface area contributed by atoms with Crippen LogP contribution in [0.4, 0.5) is 0 Å². The van der Waals surface area contributed by atoms with E-state index in [4.69, 9.17) is 0 Å². The number of benzene rings is 3. The summed E-state index contributed by atoms with van der Waals surface area (Å²) in [6.07, 6.45) is 1.69. The maximum absolute atomic E-state index is 13.4. The second-order valence-corrected chi connectivity index (χ2v) is 12.2. The number of aromatic amines is 1.